The van der Waals surface area contributed by atoms with E-state index in [9.17, 15) is 0 Å². The van der Waals surface area contributed by atoms with Gasteiger partial charge in [0.1, 0.15) is 0 Å². The standard InChI is InChI=1S/C16H32N2/c1-4-14-9-5-6-10-15(14)17-13-16(18(2)3)11-7-8-12-16/h14-15,17H,4-13H2,1-3H3. The molecule has 18 heavy (non-hydrogen) atoms. The molecule has 0 saturated heterocycles. The molecule has 2 rings (SSSR count). The lowest BCUT2D eigenvalue weighted by atomic mass is 9.82. The van der Waals surface area contributed by atoms with Crippen molar-refractivity contribution in [2.45, 2.75) is 76.3 Å². The van der Waals surface area contributed by atoms with Crippen molar-refractivity contribution in [3.8, 4) is 0 Å². The first-order valence-electron chi connectivity index (χ1n) is 8.09. The fourth-order valence-corrected chi connectivity index (χ4v) is 4.10. The van der Waals surface area contributed by atoms with E-state index in [0.29, 0.717) is 5.54 Å². The average Bonchev–Trinajstić information content (AvgIpc) is 2.87. The van der Waals surface area contributed by atoms with Crippen LogP contribution in [0.1, 0.15) is 64.7 Å². The summed E-state index contributed by atoms with van der Waals surface area (Å²) in [6.45, 7) is 3.57. The first-order valence-corrected chi connectivity index (χ1v) is 8.09. The average molecular weight is 252 g/mol. The summed E-state index contributed by atoms with van der Waals surface area (Å²) in [5.41, 5.74) is 0.454. The molecular formula is C16H32N2. The molecule has 2 nitrogen and oxygen atoms in total. The zero-order chi connectivity index (χ0) is 13.0. The van der Waals surface area contributed by atoms with Gasteiger partial charge in [0, 0.05) is 18.1 Å². The summed E-state index contributed by atoms with van der Waals surface area (Å²) in [7, 11) is 4.54. The molecule has 2 unspecified atom stereocenters. The summed E-state index contributed by atoms with van der Waals surface area (Å²) in [6.07, 6.45) is 12.7. The second kappa shape index (κ2) is 6.38. The molecular weight excluding hydrogens is 220 g/mol. The Kier molecular flexibility index (Phi) is 5.08. The Morgan fingerprint density at radius 3 is 2.33 bits per heavy atom. The van der Waals surface area contributed by atoms with Crippen LogP contribution in [0.5, 0.6) is 0 Å². The molecule has 0 spiro atoms. The second-order valence-electron chi connectivity index (χ2n) is 6.77. The molecule has 0 heterocycles. The van der Waals surface area contributed by atoms with E-state index >= 15 is 0 Å². The van der Waals surface area contributed by atoms with Gasteiger partial charge in [0.2, 0.25) is 0 Å². The minimum Gasteiger partial charge on any atom is -0.312 e. The quantitative estimate of drug-likeness (QED) is 0.806. The summed E-state index contributed by atoms with van der Waals surface area (Å²) in [4.78, 5) is 2.48. The van der Waals surface area contributed by atoms with Gasteiger partial charge in [-0.05, 0) is 45.7 Å². The molecule has 2 aliphatic rings. The van der Waals surface area contributed by atoms with Gasteiger partial charge in [0.05, 0.1) is 0 Å². The van der Waals surface area contributed by atoms with Crippen LogP contribution in [0.2, 0.25) is 0 Å². The minimum atomic E-state index is 0.454. The van der Waals surface area contributed by atoms with E-state index < -0.39 is 0 Å². The molecule has 2 atom stereocenters. The largest absolute Gasteiger partial charge is 0.312 e. The summed E-state index contributed by atoms with van der Waals surface area (Å²) >= 11 is 0. The molecule has 0 aromatic rings. The van der Waals surface area contributed by atoms with Crippen molar-refractivity contribution in [3.05, 3.63) is 0 Å². The number of nitrogens with zero attached hydrogens (tertiary/aromatic N) is 1. The Morgan fingerprint density at radius 1 is 1.06 bits per heavy atom. The van der Waals surface area contributed by atoms with Gasteiger partial charge in [-0.2, -0.15) is 0 Å². The summed E-state index contributed by atoms with van der Waals surface area (Å²) in [5, 5.41) is 3.95. The van der Waals surface area contributed by atoms with Crippen molar-refractivity contribution in [1.29, 1.82) is 0 Å². The number of likely N-dealkylation sites (N-methyl/N-ethyl adjacent to an activating group) is 1. The van der Waals surface area contributed by atoms with E-state index in [0.717, 1.165) is 12.0 Å². The van der Waals surface area contributed by atoms with Crippen molar-refractivity contribution in [3.63, 3.8) is 0 Å². The van der Waals surface area contributed by atoms with Crippen LogP contribution in [0.3, 0.4) is 0 Å². The van der Waals surface area contributed by atoms with E-state index in [1.807, 2.05) is 0 Å². The van der Waals surface area contributed by atoms with E-state index in [2.05, 4.69) is 31.2 Å². The summed E-state index contributed by atoms with van der Waals surface area (Å²) < 4.78 is 0. The normalized spacial score (nSPS) is 32.0. The molecule has 0 amide bonds. The van der Waals surface area contributed by atoms with E-state index in [1.165, 1.54) is 64.3 Å². The van der Waals surface area contributed by atoms with Crippen LogP contribution < -0.4 is 5.32 Å². The van der Waals surface area contributed by atoms with E-state index in [1.54, 1.807) is 0 Å². The second-order valence-corrected chi connectivity index (χ2v) is 6.77. The highest BCUT2D eigenvalue weighted by Crippen LogP contribution is 2.34. The van der Waals surface area contributed by atoms with Gasteiger partial charge >= 0.3 is 0 Å². The molecule has 0 aromatic carbocycles. The SMILES string of the molecule is CCC1CCCCC1NCC1(N(C)C)CCCC1. The van der Waals surface area contributed by atoms with Gasteiger partial charge in [0.15, 0.2) is 0 Å². The van der Waals surface area contributed by atoms with Crippen LogP contribution in [0, 0.1) is 5.92 Å². The first kappa shape index (κ1) is 14.3. The summed E-state index contributed by atoms with van der Waals surface area (Å²) in [5.74, 6) is 0.930. The number of hydrogen-bond acceptors (Lipinski definition) is 2. The highest BCUT2D eigenvalue weighted by Gasteiger charge is 2.36. The first-order chi connectivity index (χ1) is 8.68. The third kappa shape index (κ3) is 3.08. The maximum atomic E-state index is 3.95. The van der Waals surface area contributed by atoms with E-state index in [4.69, 9.17) is 0 Å². The van der Waals surface area contributed by atoms with Gasteiger partial charge in [0.25, 0.3) is 0 Å². The van der Waals surface area contributed by atoms with Crippen LogP contribution in [0.15, 0.2) is 0 Å². The molecule has 2 fully saturated rings. The van der Waals surface area contributed by atoms with Crippen molar-refractivity contribution in [2.24, 2.45) is 5.92 Å². The zero-order valence-corrected chi connectivity index (χ0v) is 12.7. The predicted molar refractivity (Wildman–Crippen MR) is 78.9 cm³/mol. The summed E-state index contributed by atoms with van der Waals surface area (Å²) in [6, 6.07) is 0.793. The fourth-order valence-electron chi connectivity index (χ4n) is 4.10. The van der Waals surface area contributed by atoms with Crippen molar-refractivity contribution in [1.82, 2.24) is 10.2 Å². The topological polar surface area (TPSA) is 15.3 Å². The maximum absolute atomic E-state index is 3.95. The van der Waals surface area contributed by atoms with Crippen molar-refractivity contribution >= 4 is 0 Å². The molecule has 0 aliphatic heterocycles. The Morgan fingerprint density at radius 2 is 1.72 bits per heavy atom. The van der Waals surface area contributed by atoms with Crippen LogP contribution in [-0.4, -0.2) is 37.1 Å². The molecule has 106 valence electrons. The van der Waals surface area contributed by atoms with Crippen LogP contribution in [0.25, 0.3) is 0 Å². The van der Waals surface area contributed by atoms with E-state index in [-0.39, 0.29) is 0 Å². The molecule has 0 radical (unpaired) electrons. The number of rotatable bonds is 5. The fraction of sp³-hybridized carbons (Fsp3) is 1.00. The lowest BCUT2D eigenvalue weighted by molar-refractivity contribution is 0.135. The third-order valence-electron chi connectivity index (χ3n) is 5.61. The van der Waals surface area contributed by atoms with Crippen LogP contribution >= 0.6 is 0 Å². The van der Waals surface area contributed by atoms with Gasteiger partial charge < -0.3 is 10.2 Å². The van der Waals surface area contributed by atoms with Gasteiger partial charge in [-0.15, -0.1) is 0 Å². The van der Waals surface area contributed by atoms with Crippen LogP contribution in [-0.2, 0) is 0 Å². The number of nitrogens with one attached hydrogen (secondary N) is 1. The third-order valence-corrected chi connectivity index (χ3v) is 5.61. The molecule has 0 bridgehead atoms. The lowest BCUT2D eigenvalue weighted by Gasteiger charge is -2.40. The molecule has 2 saturated carbocycles. The zero-order valence-electron chi connectivity index (χ0n) is 12.7. The van der Waals surface area contributed by atoms with Gasteiger partial charge in [-0.3, -0.25) is 0 Å². The number of hydrogen-bond donors (Lipinski definition) is 1. The molecule has 2 aliphatic carbocycles. The maximum Gasteiger partial charge on any atom is 0.0327 e. The van der Waals surface area contributed by atoms with Crippen molar-refractivity contribution < 1.29 is 0 Å². The molecule has 2 heteroatoms. The monoisotopic (exact) mass is 252 g/mol. The smallest absolute Gasteiger partial charge is 0.0327 e. The molecule has 1 N–H and O–H groups in total. The highest BCUT2D eigenvalue weighted by molar-refractivity contribution is 4.96. The molecule has 0 aromatic heterocycles. The van der Waals surface area contributed by atoms with Gasteiger partial charge in [-0.1, -0.05) is 39.0 Å². The highest BCUT2D eigenvalue weighted by atomic mass is 15.2. The van der Waals surface area contributed by atoms with Gasteiger partial charge in [-0.25, -0.2) is 0 Å². The van der Waals surface area contributed by atoms with Crippen LogP contribution in [0.4, 0.5) is 0 Å². The minimum absolute atomic E-state index is 0.454. The Balaban J connectivity index is 1.88. The Hall–Kier alpha value is -0.0800. The predicted octanol–water partition coefficient (Wildman–Crippen LogP) is 3.42. The van der Waals surface area contributed by atoms with Crippen molar-refractivity contribution in [2.75, 3.05) is 20.6 Å². The Bertz CT molecular complexity index is 243. The lowest BCUT2D eigenvalue weighted by Crippen LogP contribution is -2.53. The Labute approximate surface area is 114 Å².